The van der Waals surface area contributed by atoms with Crippen molar-refractivity contribution in [3.63, 3.8) is 0 Å². The zero-order chi connectivity index (χ0) is 19.7. The van der Waals surface area contributed by atoms with Gasteiger partial charge in [0.2, 0.25) is 5.95 Å². The first-order valence-corrected chi connectivity index (χ1v) is 7.91. The third kappa shape index (κ3) is 3.51. The number of aromatic nitrogens is 4. The third-order valence-electron chi connectivity index (χ3n) is 3.68. The fraction of sp³-hybridized carbons (Fsp3) is 0. The van der Waals surface area contributed by atoms with E-state index in [0.29, 0.717) is 17.0 Å². The van der Waals surface area contributed by atoms with Gasteiger partial charge in [0.05, 0.1) is 23.3 Å². The number of benzene rings is 2. The summed E-state index contributed by atoms with van der Waals surface area (Å²) in [5.74, 6) is 0.260. The van der Waals surface area contributed by atoms with E-state index in [0.717, 1.165) is 0 Å². The van der Waals surface area contributed by atoms with Crippen molar-refractivity contribution in [2.75, 3.05) is 0 Å². The van der Waals surface area contributed by atoms with Crippen LogP contribution in [0.25, 0.3) is 16.9 Å². The van der Waals surface area contributed by atoms with E-state index in [4.69, 9.17) is 9.84 Å². The molecule has 4 aromatic rings. The van der Waals surface area contributed by atoms with Gasteiger partial charge in [0.1, 0.15) is 17.3 Å². The van der Waals surface area contributed by atoms with E-state index in [2.05, 4.69) is 19.8 Å². The van der Waals surface area contributed by atoms with E-state index < -0.39 is 17.5 Å². The van der Waals surface area contributed by atoms with Crippen LogP contribution in [0.1, 0.15) is 0 Å². The van der Waals surface area contributed by atoms with Gasteiger partial charge in [0, 0.05) is 6.07 Å². The van der Waals surface area contributed by atoms with E-state index in [-0.39, 0.29) is 17.1 Å². The van der Waals surface area contributed by atoms with Gasteiger partial charge in [0.15, 0.2) is 5.75 Å². The molecule has 9 nitrogen and oxygen atoms in total. The lowest BCUT2D eigenvalue weighted by atomic mass is 10.2. The minimum atomic E-state index is -1.48. The molecule has 0 bridgehead atoms. The molecule has 0 aliphatic heterocycles. The van der Waals surface area contributed by atoms with Crippen molar-refractivity contribution in [2.24, 2.45) is 0 Å². The van der Waals surface area contributed by atoms with Crippen LogP contribution in [0.2, 0.25) is 0 Å². The van der Waals surface area contributed by atoms with E-state index >= 15 is 0 Å². The quantitative estimate of drug-likeness (QED) is 0.521. The second-order valence-corrected chi connectivity index (χ2v) is 5.62. The summed E-state index contributed by atoms with van der Waals surface area (Å²) in [5.41, 5.74) is -0.0950. The molecular weight excluding hydrogens is 371 g/mol. The molecule has 10 heteroatoms. The molecule has 0 saturated carbocycles. The smallest absolute Gasteiger partial charge is 0.457 e. The lowest BCUT2D eigenvalue weighted by Crippen LogP contribution is -2.13. The number of halogens is 1. The Labute approximate surface area is 155 Å². The minimum absolute atomic E-state index is 0.0194. The molecular formula is C18H11FN4O5. The Hall–Kier alpha value is -4.21. The van der Waals surface area contributed by atoms with E-state index in [1.54, 1.807) is 18.2 Å². The molecule has 2 heterocycles. The summed E-state index contributed by atoms with van der Waals surface area (Å²) < 4.78 is 24.5. The van der Waals surface area contributed by atoms with Gasteiger partial charge in [-0.05, 0) is 30.3 Å². The van der Waals surface area contributed by atoms with Gasteiger partial charge in [0.25, 0.3) is 5.56 Å². The molecule has 0 radical (unpaired) electrons. The molecule has 140 valence electrons. The van der Waals surface area contributed by atoms with E-state index in [1.807, 2.05) is 0 Å². The lowest BCUT2D eigenvalue weighted by molar-refractivity contribution is 0.144. The molecule has 2 aromatic heterocycles. The van der Waals surface area contributed by atoms with Crippen LogP contribution in [0.5, 0.6) is 17.2 Å². The SMILES string of the molecule is O=C(O)Oc1cnn(-c2nc3ccc(Oc4cccc(F)c4)cc3c(=O)[nH]2)c1. The highest BCUT2D eigenvalue weighted by molar-refractivity contribution is 5.79. The van der Waals surface area contributed by atoms with Crippen LogP contribution in [0.3, 0.4) is 0 Å². The summed E-state index contributed by atoms with van der Waals surface area (Å²) in [6.45, 7) is 0. The fourth-order valence-electron chi connectivity index (χ4n) is 2.52. The Bertz CT molecular complexity index is 1250. The van der Waals surface area contributed by atoms with Gasteiger partial charge in [-0.2, -0.15) is 5.10 Å². The third-order valence-corrected chi connectivity index (χ3v) is 3.68. The zero-order valence-corrected chi connectivity index (χ0v) is 14.0. The number of carbonyl (C=O) groups is 1. The molecule has 0 saturated heterocycles. The number of hydrogen-bond donors (Lipinski definition) is 2. The molecule has 2 N–H and O–H groups in total. The predicted octanol–water partition coefficient (Wildman–Crippen LogP) is 3.10. The molecule has 0 fully saturated rings. The highest BCUT2D eigenvalue weighted by atomic mass is 19.1. The second-order valence-electron chi connectivity index (χ2n) is 5.62. The van der Waals surface area contributed by atoms with Crippen molar-refractivity contribution >= 4 is 17.1 Å². The average Bonchev–Trinajstić information content (AvgIpc) is 3.10. The van der Waals surface area contributed by atoms with Crippen LogP contribution in [-0.2, 0) is 0 Å². The number of fused-ring (bicyclic) bond motifs is 1. The van der Waals surface area contributed by atoms with Crippen molar-refractivity contribution in [1.82, 2.24) is 19.7 Å². The standard InChI is InChI=1S/C18H11FN4O5/c19-10-2-1-3-11(6-10)27-12-4-5-15-14(7-12)16(24)22-17(21-15)23-9-13(8-20-23)28-18(25)26/h1-9H,(H,25,26)(H,21,22,24). The van der Waals surface area contributed by atoms with Crippen molar-refractivity contribution in [2.45, 2.75) is 0 Å². The Morgan fingerprint density at radius 3 is 2.75 bits per heavy atom. The summed E-state index contributed by atoms with van der Waals surface area (Å²) >= 11 is 0. The Morgan fingerprint density at radius 1 is 1.14 bits per heavy atom. The van der Waals surface area contributed by atoms with E-state index in [9.17, 15) is 14.0 Å². The largest absolute Gasteiger partial charge is 0.511 e. The van der Waals surface area contributed by atoms with Crippen LogP contribution in [0.15, 0.2) is 59.7 Å². The highest BCUT2D eigenvalue weighted by Crippen LogP contribution is 2.24. The summed E-state index contributed by atoms with van der Waals surface area (Å²) in [6.07, 6.45) is 0.957. The minimum Gasteiger partial charge on any atom is -0.457 e. The maximum Gasteiger partial charge on any atom is 0.511 e. The number of aromatic amines is 1. The Kier molecular flexibility index (Phi) is 4.20. The number of rotatable bonds is 4. The monoisotopic (exact) mass is 382 g/mol. The topological polar surface area (TPSA) is 119 Å². The number of nitrogens with zero attached hydrogens (tertiary/aromatic N) is 3. The summed E-state index contributed by atoms with van der Waals surface area (Å²) in [4.78, 5) is 29.8. The summed E-state index contributed by atoms with van der Waals surface area (Å²) in [7, 11) is 0. The van der Waals surface area contributed by atoms with Gasteiger partial charge in [-0.15, -0.1) is 0 Å². The highest BCUT2D eigenvalue weighted by Gasteiger charge is 2.11. The molecule has 0 unspecified atom stereocenters. The number of hydrogen-bond acceptors (Lipinski definition) is 6. The first kappa shape index (κ1) is 17.2. The van der Waals surface area contributed by atoms with Gasteiger partial charge in [-0.1, -0.05) is 6.07 Å². The van der Waals surface area contributed by atoms with Crippen molar-refractivity contribution in [1.29, 1.82) is 0 Å². The van der Waals surface area contributed by atoms with Gasteiger partial charge in [-0.25, -0.2) is 18.9 Å². The Balaban J connectivity index is 1.67. The number of H-pyrrole nitrogens is 1. The number of ether oxygens (including phenoxy) is 2. The molecule has 4 rings (SSSR count). The van der Waals surface area contributed by atoms with E-state index in [1.165, 1.54) is 41.3 Å². The van der Waals surface area contributed by atoms with Crippen molar-refractivity contribution in [3.8, 4) is 23.2 Å². The van der Waals surface area contributed by atoms with Crippen molar-refractivity contribution in [3.05, 3.63) is 71.0 Å². The van der Waals surface area contributed by atoms with Crippen LogP contribution < -0.4 is 15.0 Å². The van der Waals surface area contributed by atoms with Gasteiger partial charge < -0.3 is 14.6 Å². The van der Waals surface area contributed by atoms with Crippen LogP contribution in [0.4, 0.5) is 9.18 Å². The number of carboxylic acid groups (broad SMARTS) is 1. The lowest BCUT2D eigenvalue weighted by Gasteiger charge is -2.07. The molecule has 0 atom stereocenters. The maximum absolute atomic E-state index is 13.3. The Morgan fingerprint density at radius 2 is 1.96 bits per heavy atom. The van der Waals surface area contributed by atoms with Gasteiger partial charge >= 0.3 is 6.16 Å². The average molecular weight is 382 g/mol. The van der Waals surface area contributed by atoms with Crippen molar-refractivity contribution < 1.29 is 23.8 Å². The first-order chi connectivity index (χ1) is 13.5. The summed E-state index contributed by atoms with van der Waals surface area (Å²) in [5, 5.41) is 12.8. The second kappa shape index (κ2) is 6.83. The molecule has 0 aliphatic rings. The molecule has 0 aliphatic carbocycles. The zero-order valence-electron chi connectivity index (χ0n) is 14.0. The maximum atomic E-state index is 13.3. The van der Waals surface area contributed by atoms with Crippen LogP contribution >= 0.6 is 0 Å². The molecule has 0 spiro atoms. The normalized spacial score (nSPS) is 10.8. The van der Waals surface area contributed by atoms with Crippen LogP contribution in [0, 0.1) is 5.82 Å². The molecule has 0 amide bonds. The molecule has 2 aromatic carbocycles. The van der Waals surface area contributed by atoms with Gasteiger partial charge in [-0.3, -0.25) is 9.78 Å². The fourth-order valence-corrected chi connectivity index (χ4v) is 2.52. The first-order valence-electron chi connectivity index (χ1n) is 7.91. The van der Waals surface area contributed by atoms with Crippen LogP contribution in [-0.4, -0.2) is 31.0 Å². The predicted molar refractivity (Wildman–Crippen MR) is 94.6 cm³/mol. The molecule has 28 heavy (non-hydrogen) atoms. The number of nitrogens with one attached hydrogen (secondary N) is 1. The summed E-state index contributed by atoms with van der Waals surface area (Å²) in [6, 6.07) is 10.3.